The van der Waals surface area contributed by atoms with Crippen LogP contribution in [0.25, 0.3) is 0 Å². The average Bonchev–Trinajstić information content (AvgIpc) is 2.67. The summed E-state index contributed by atoms with van der Waals surface area (Å²) in [6, 6.07) is 0. The van der Waals surface area contributed by atoms with Gasteiger partial charge in [0, 0.05) is 11.4 Å². The Labute approximate surface area is 102 Å². The summed E-state index contributed by atoms with van der Waals surface area (Å²) in [6.07, 6.45) is 4.92. The minimum absolute atomic E-state index is 0.808. The highest BCUT2D eigenvalue weighted by Crippen LogP contribution is 2.35. The highest BCUT2D eigenvalue weighted by atomic mass is 32.1. The molecule has 1 aliphatic rings. The summed E-state index contributed by atoms with van der Waals surface area (Å²) in [4.78, 5) is 6.22. The molecule has 0 saturated carbocycles. The quantitative estimate of drug-likeness (QED) is 0.864. The van der Waals surface area contributed by atoms with E-state index in [1.54, 1.807) is 0 Å². The number of aryl methyl sites for hydroxylation is 1. The van der Waals surface area contributed by atoms with Crippen LogP contribution in [0.2, 0.25) is 0 Å². The van der Waals surface area contributed by atoms with Crippen molar-refractivity contribution < 1.29 is 0 Å². The van der Waals surface area contributed by atoms with Crippen LogP contribution in [-0.4, -0.2) is 11.5 Å². The standard InChI is InChI=1S/C13H22N2S/c1-4-7-14-13-15-11-6-5-10(9(2)3)8-12(11)16-13/h9-10H,4-8H2,1-3H3,(H,14,15). The normalized spacial score (nSPS) is 19.9. The molecule has 1 heterocycles. The Balaban J connectivity index is 2.04. The summed E-state index contributed by atoms with van der Waals surface area (Å²) >= 11 is 1.87. The molecule has 1 unspecified atom stereocenters. The van der Waals surface area contributed by atoms with Crippen LogP contribution < -0.4 is 5.32 Å². The molecule has 0 saturated heterocycles. The van der Waals surface area contributed by atoms with Crippen molar-refractivity contribution in [3.8, 4) is 0 Å². The van der Waals surface area contributed by atoms with Crippen molar-refractivity contribution in [2.45, 2.75) is 46.5 Å². The van der Waals surface area contributed by atoms with Crippen LogP contribution in [0.4, 0.5) is 5.13 Å². The summed E-state index contributed by atoms with van der Waals surface area (Å²) in [5.41, 5.74) is 1.36. The lowest BCUT2D eigenvalue weighted by molar-refractivity contribution is 0.344. The number of hydrogen-bond donors (Lipinski definition) is 1. The van der Waals surface area contributed by atoms with E-state index in [1.165, 1.54) is 36.3 Å². The molecule has 1 aromatic heterocycles. The number of anilines is 1. The number of rotatable bonds is 4. The van der Waals surface area contributed by atoms with Gasteiger partial charge in [-0.1, -0.05) is 20.8 Å². The first kappa shape index (κ1) is 11.9. The van der Waals surface area contributed by atoms with E-state index in [1.807, 2.05) is 11.3 Å². The Hall–Kier alpha value is -0.570. The zero-order valence-corrected chi connectivity index (χ0v) is 11.4. The Morgan fingerprint density at radius 2 is 2.31 bits per heavy atom. The third-order valence-electron chi connectivity index (χ3n) is 3.45. The topological polar surface area (TPSA) is 24.9 Å². The molecular formula is C13H22N2S. The zero-order chi connectivity index (χ0) is 11.5. The van der Waals surface area contributed by atoms with Crippen LogP contribution in [0.15, 0.2) is 0 Å². The molecule has 0 aromatic carbocycles. The van der Waals surface area contributed by atoms with E-state index in [4.69, 9.17) is 0 Å². The molecule has 90 valence electrons. The molecule has 1 N–H and O–H groups in total. The van der Waals surface area contributed by atoms with Crippen molar-refractivity contribution in [2.75, 3.05) is 11.9 Å². The van der Waals surface area contributed by atoms with Gasteiger partial charge in [-0.3, -0.25) is 0 Å². The molecule has 0 fully saturated rings. The maximum absolute atomic E-state index is 4.69. The van der Waals surface area contributed by atoms with Gasteiger partial charge in [0.2, 0.25) is 0 Å². The van der Waals surface area contributed by atoms with Crippen molar-refractivity contribution >= 4 is 16.5 Å². The lowest BCUT2D eigenvalue weighted by Gasteiger charge is -2.24. The van der Waals surface area contributed by atoms with Gasteiger partial charge in [-0.05, 0) is 37.5 Å². The van der Waals surface area contributed by atoms with Crippen LogP contribution in [0, 0.1) is 11.8 Å². The smallest absolute Gasteiger partial charge is 0.183 e. The largest absolute Gasteiger partial charge is 0.362 e. The van der Waals surface area contributed by atoms with Gasteiger partial charge in [-0.2, -0.15) is 0 Å². The van der Waals surface area contributed by atoms with E-state index >= 15 is 0 Å². The van der Waals surface area contributed by atoms with Crippen molar-refractivity contribution in [2.24, 2.45) is 11.8 Å². The van der Waals surface area contributed by atoms with E-state index < -0.39 is 0 Å². The monoisotopic (exact) mass is 238 g/mol. The van der Waals surface area contributed by atoms with Gasteiger partial charge in [0.15, 0.2) is 5.13 Å². The molecule has 0 spiro atoms. The Morgan fingerprint density at radius 3 is 3.00 bits per heavy atom. The molecule has 2 nitrogen and oxygen atoms in total. The first-order chi connectivity index (χ1) is 7.70. The number of nitrogens with zero attached hydrogens (tertiary/aromatic N) is 1. The van der Waals surface area contributed by atoms with Gasteiger partial charge in [-0.25, -0.2) is 4.98 Å². The Morgan fingerprint density at radius 1 is 1.50 bits per heavy atom. The maximum Gasteiger partial charge on any atom is 0.183 e. The van der Waals surface area contributed by atoms with E-state index in [9.17, 15) is 0 Å². The number of thiazole rings is 1. The van der Waals surface area contributed by atoms with E-state index in [0.717, 1.165) is 23.5 Å². The lowest BCUT2D eigenvalue weighted by atomic mass is 9.83. The minimum Gasteiger partial charge on any atom is -0.362 e. The van der Waals surface area contributed by atoms with Crippen LogP contribution in [0.3, 0.4) is 0 Å². The van der Waals surface area contributed by atoms with Crippen LogP contribution in [-0.2, 0) is 12.8 Å². The number of hydrogen-bond acceptors (Lipinski definition) is 3. The van der Waals surface area contributed by atoms with Crippen molar-refractivity contribution in [1.29, 1.82) is 0 Å². The second kappa shape index (κ2) is 5.17. The number of fused-ring (bicyclic) bond motifs is 1. The fraction of sp³-hybridized carbons (Fsp3) is 0.769. The number of aromatic nitrogens is 1. The van der Waals surface area contributed by atoms with Crippen molar-refractivity contribution in [3.05, 3.63) is 10.6 Å². The van der Waals surface area contributed by atoms with E-state index in [-0.39, 0.29) is 0 Å². The molecular weight excluding hydrogens is 216 g/mol. The van der Waals surface area contributed by atoms with Gasteiger partial charge in [-0.15, -0.1) is 11.3 Å². The first-order valence-corrected chi connectivity index (χ1v) is 7.24. The van der Waals surface area contributed by atoms with Crippen LogP contribution >= 0.6 is 11.3 Å². The van der Waals surface area contributed by atoms with Crippen molar-refractivity contribution in [3.63, 3.8) is 0 Å². The molecule has 3 heteroatoms. The summed E-state index contributed by atoms with van der Waals surface area (Å²) < 4.78 is 0. The summed E-state index contributed by atoms with van der Waals surface area (Å²) in [5.74, 6) is 1.68. The third kappa shape index (κ3) is 2.57. The average molecular weight is 238 g/mol. The molecule has 0 aliphatic heterocycles. The van der Waals surface area contributed by atoms with Crippen molar-refractivity contribution in [1.82, 2.24) is 4.98 Å². The molecule has 1 atom stereocenters. The van der Waals surface area contributed by atoms with Gasteiger partial charge < -0.3 is 5.32 Å². The predicted molar refractivity (Wildman–Crippen MR) is 71.2 cm³/mol. The predicted octanol–water partition coefficient (Wildman–Crippen LogP) is 3.73. The second-order valence-electron chi connectivity index (χ2n) is 5.06. The van der Waals surface area contributed by atoms with Crippen LogP contribution in [0.5, 0.6) is 0 Å². The fourth-order valence-electron chi connectivity index (χ4n) is 2.28. The van der Waals surface area contributed by atoms with Gasteiger partial charge >= 0.3 is 0 Å². The van der Waals surface area contributed by atoms with Gasteiger partial charge in [0.05, 0.1) is 5.69 Å². The second-order valence-corrected chi connectivity index (χ2v) is 6.15. The third-order valence-corrected chi connectivity index (χ3v) is 4.52. The molecule has 0 amide bonds. The molecule has 1 aromatic rings. The maximum atomic E-state index is 4.69. The SMILES string of the molecule is CCCNc1nc2c(s1)CC(C(C)C)CC2. The Kier molecular flexibility index (Phi) is 3.85. The van der Waals surface area contributed by atoms with Gasteiger partial charge in [0.25, 0.3) is 0 Å². The minimum atomic E-state index is 0.808. The fourth-order valence-corrected chi connectivity index (χ4v) is 3.40. The molecule has 0 bridgehead atoms. The van der Waals surface area contributed by atoms with E-state index in [2.05, 4.69) is 31.1 Å². The summed E-state index contributed by atoms with van der Waals surface area (Å²) in [5, 5.41) is 4.54. The highest BCUT2D eigenvalue weighted by Gasteiger charge is 2.24. The van der Waals surface area contributed by atoms with E-state index in [0.29, 0.717) is 0 Å². The van der Waals surface area contributed by atoms with Gasteiger partial charge in [0.1, 0.15) is 0 Å². The Bertz CT molecular complexity index is 344. The zero-order valence-electron chi connectivity index (χ0n) is 10.5. The molecule has 16 heavy (non-hydrogen) atoms. The van der Waals surface area contributed by atoms with Crippen LogP contribution in [0.1, 0.15) is 44.2 Å². The molecule has 2 rings (SSSR count). The summed E-state index contributed by atoms with van der Waals surface area (Å²) in [7, 11) is 0. The molecule has 1 aliphatic carbocycles. The highest BCUT2D eigenvalue weighted by molar-refractivity contribution is 7.15. The number of nitrogens with one attached hydrogen (secondary N) is 1. The molecule has 0 radical (unpaired) electrons. The lowest BCUT2D eigenvalue weighted by Crippen LogP contribution is -2.17. The first-order valence-electron chi connectivity index (χ1n) is 6.43. The summed E-state index contributed by atoms with van der Waals surface area (Å²) in [6.45, 7) is 7.91.